The van der Waals surface area contributed by atoms with Crippen LogP contribution in [0.4, 0.5) is 21.5 Å². The molecule has 1 aromatic heterocycles. The van der Waals surface area contributed by atoms with E-state index in [0.717, 1.165) is 12.1 Å². The zero-order chi connectivity index (χ0) is 27.2. The predicted molar refractivity (Wildman–Crippen MR) is 137 cm³/mol. The average Bonchev–Trinajstić information content (AvgIpc) is 3.35. The van der Waals surface area contributed by atoms with Crippen molar-refractivity contribution < 1.29 is 31.0 Å². The molecule has 0 atom stereocenters. The van der Waals surface area contributed by atoms with E-state index in [4.69, 9.17) is 13.9 Å². The molecule has 0 aliphatic heterocycles. The van der Waals surface area contributed by atoms with Gasteiger partial charge in [0, 0.05) is 24.0 Å². The zero-order valence-electron chi connectivity index (χ0n) is 19.5. The summed E-state index contributed by atoms with van der Waals surface area (Å²) in [5, 5.41) is 14.4. The normalized spacial score (nSPS) is 10.7. The van der Waals surface area contributed by atoms with Crippen molar-refractivity contribution >= 4 is 47.4 Å². The van der Waals surface area contributed by atoms with Gasteiger partial charge >= 0.3 is 88.1 Å². The molecule has 0 radical (unpaired) electrons. The number of nitrogen functional groups attached to an aromatic ring is 1. The summed E-state index contributed by atoms with van der Waals surface area (Å²) < 4.78 is 43.9. The first-order valence-corrected chi connectivity index (χ1v) is 14.1. The summed E-state index contributed by atoms with van der Waals surface area (Å²) in [4.78, 5) is 22.8. The minimum Gasteiger partial charge on any atom is -0.397 e. The fourth-order valence-corrected chi connectivity index (χ4v) is 4.54. The molecule has 0 saturated heterocycles. The van der Waals surface area contributed by atoms with Gasteiger partial charge in [0.15, 0.2) is 0 Å². The molecule has 3 aromatic carbocycles. The molecule has 4 rings (SSSR count). The van der Waals surface area contributed by atoms with E-state index in [1.54, 1.807) is 53.4 Å². The minimum absolute atomic E-state index is 0.178. The number of amides is 2. The van der Waals surface area contributed by atoms with Gasteiger partial charge in [-0.05, 0) is 30.3 Å². The molecule has 192 valence electrons. The Morgan fingerprint density at radius 1 is 0.946 bits per heavy atom. The maximum absolute atomic E-state index is 14.0. The van der Waals surface area contributed by atoms with E-state index in [0.29, 0.717) is 16.9 Å². The smallest absolute Gasteiger partial charge is 0.255 e. The number of carbonyl (C=O) groups excluding carboxylic acids is 2. The Bertz CT molecular complexity index is 1460. The molecule has 37 heavy (non-hydrogen) atoms. The zero-order valence-corrected chi connectivity index (χ0v) is 21.4. The van der Waals surface area contributed by atoms with Gasteiger partial charge in [0.2, 0.25) is 0 Å². The fourth-order valence-electron chi connectivity index (χ4n) is 3.21. The summed E-state index contributed by atoms with van der Waals surface area (Å²) >= 11 is -5.09. The molecule has 0 aliphatic carbocycles. The number of nitrogens with zero attached hydrogens (tertiary/aromatic N) is 1. The summed E-state index contributed by atoms with van der Waals surface area (Å²) in [6, 6.07) is 18.6. The SMILES string of the molecule is CC(=O)Nc1ccc([As](=O)(O)O)c(O)c1.Nc1cc(F)c(-n2cccc2)cc1NC(=O)c1ccccc1. The van der Waals surface area contributed by atoms with Gasteiger partial charge in [-0.25, -0.2) is 4.39 Å². The Morgan fingerprint density at radius 3 is 2.16 bits per heavy atom. The molecule has 0 spiro atoms. The quantitative estimate of drug-likeness (QED) is 0.158. The van der Waals surface area contributed by atoms with Gasteiger partial charge in [0.1, 0.15) is 5.82 Å². The van der Waals surface area contributed by atoms with Crippen LogP contribution in [0.1, 0.15) is 17.3 Å². The molecule has 10 nitrogen and oxygen atoms in total. The van der Waals surface area contributed by atoms with E-state index in [9.17, 15) is 22.8 Å². The van der Waals surface area contributed by atoms with Gasteiger partial charge in [0.05, 0.1) is 17.1 Å². The van der Waals surface area contributed by atoms with Crippen LogP contribution in [-0.4, -0.2) is 43.9 Å². The maximum Gasteiger partial charge on any atom is 0.255 e. The van der Waals surface area contributed by atoms with E-state index in [-0.39, 0.29) is 23.2 Å². The summed E-state index contributed by atoms with van der Waals surface area (Å²) in [6.07, 6.45) is 3.44. The molecular formula is C25H24AsFN4O6. The molecule has 4 aromatic rings. The largest absolute Gasteiger partial charge is 0.397 e. The standard InChI is InChI=1S/C17H14FN3O.C8H10AsNO5/c18-13-10-14(19)15(11-16(13)21-8-4-5-9-21)20-17(22)12-6-2-1-3-7-12;1-5(11)10-6-2-3-7(8(12)4-6)9(13,14)15/h1-11H,19H2,(H,20,22);2-4,12H,1H3,(H,10,11)(H2,13,14,15). The molecule has 0 unspecified atom stereocenters. The number of phenolic OH excluding ortho intramolecular Hbond substituents is 1. The van der Waals surface area contributed by atoms with Gasteiger partial charge in [-0.3, -0.25) is 4.79 Å². The third kappa shape index (κ3) is 7.34. The Morgan fingerprint density at radius 2 is 1.59 bits per heavy atom. The van der Waals surface area contributed by atoms with E-state index in [1.807, 2.05) is 6.07 Å². The molecule has 2 amide bonds. The third-order valence-corrected chi connectivity index (χ3v) is 7.01. The molecule has 0 bridgehead atoms. The van der Waals surface area contributed by atoms with Gasteiger partial charge < -0.3 is 15.6 Å². The van der Waals surface area contributed by atoms with Crippen LogP contribution in [0.2, 0.25) is 0 Å². The topological polar surface area (TPSA) is 167 Å². The summed E-state index contributed by atoms with van der Waals surface area (Å²) in [7, 11) is 0. The van der Waals surface area contributed by atoms with Crippen LogP contribution >= 0.6 is 0 Å². The van der Waals surface area contributed by atoms with Crippen LogP contribution in [0.25, 0.3) is 5.69 Å². The number of rotatable bonds is 5. The van der Waals surface area contributed by atoms with Crippen molar-refractivity contribution in [3.8, 4) is 11.4 Å². The number of anilines is 3. The van der Waals surface area contributed by atoms with Crippen LogP contribution in [-0.2, 0) is 8.53 Å². The molecule has 12 heteroatoms. The van der Waals surface area contributed by atoms with Crippen molar-refractivity contribution in [3.63, 3.8) is 0 Å². The molecule has 0 saturated carbocycles. The maximum atomic E-state index is 14.0. The Kier molecular flexibility index (Phi) is 8.56. The van der Waals surface area contributed by atoms with Crippen LogP contribution in [0.3, 0.4) is 0 Å². The van der Waals surface area contributed by atoms with Gasteiger partial charge in [-0.2, -0.15) is 0 Å². The Balaban J connectivity index is 0.000000222. The van der Waals surface area contributed by atoms with Crippen molar-refractivity contribution in [2.24, 2.45) is 0 Å². The number of carbonyl (C=O) groups is 2. The number of hydrogen-bond donors (Lipinski definition) is 6. The first kappa shape index (κ1) is 27.3. The van der Waals surface area contributed by atoms with Crippen molar-refractivity contribution in [2.75, 3.05) is 16.4 Å². The second kappa shape index (κ2) is 11.6. The van der Waals surface area contributed by atoms with E-state index >= 15 is 0 Å². The van der Waals surface area contributed by atoms with E-state index in [1.165, 1.54) is 25.1 Å². The first-order valence-electron chi connectivity index (χ1n) is 10.7. The summed E-state index contributed by atoms with van der Waals surface area (Å²) in [5.41, 5.74) is 7.47. The number of phenols is 1. The third-order valence-electron chi connectivity index (χ3n) is 4.90. The number of halogens is 1. The Labute approximate surface area is 214 Å². The number of nitrogens with one attached hydrogen (secondary N) is 2. The molecule has 0 fully saturated rings. The fraction of sp³-hybridized carbons (Fsp3) is 0.0400. The van der Waals surface area contributed by atoms with Gasteiger partial charge in [0.25, 0.3) is 5.91 Å². The molecular weight excluding hydrogens is 546 g/mol. The van der Waals surface area contributed by atoms with Crippen molar-refractivity contribution in [3.05, 3.63) is 96.6 Å². The first-order chi connectivity index (χ1) is 17.5. The predicted octanol–water partition coefficient (Wildman–Crippen LogP) is 2.36. The number of aromatic nitrogens is 1. The molecule has 1 heterocycles. The second-order valence-corrected chi connectivity index (χ2v) is 11.0. The minimum atomic E-state index is -5.09. The second-order valence-electron chi connectivity index (χ2n) is 7.73. The van der Waals surface area contributed by atoms with Crippen molar-refractivity contribution in [2.45, 2.75) is 6.92 Å². The number of benzene rings is 3. The summed E-state index contributed by atoms with van der Waals surface area (Å²) in [5.74, 6) is -1.60. The number of nitrogens with two attached hydrogens (primary N) is 1. The van der Waals surface area contributed by atoms with Gasteiger partial charge in [-0.1, -0.05) is 18.2 Å². The summed E-state index contributed by atoms with van der Waals surface area (Å²) in [6.45, 7) is 1.29. The molecule has 7 N–H and O–H groups in total. The van der Waals surface area contributed by atoms with Crippen molar-refractivity contribution in [1.82, 2.24) is 4.57 Å². The van der Waals surface area contributed by atoms with Crippen LogP contribution in [0.15, 0.2) is 85.2 Å². The Hall–Kier alpha value is -4.31. The van der Waals surface area contributed by atoms with Crippen LogP contribution < -0.4 is 20.7 Å². The monoisotopic (exact) mass is 570 g/mol. The van der Waals surface area contributed by atoms with Crippen LogP contribution in [0, 0.1) is 5.82 Å². The van der Waals surface area contributed by atoms with Crippen LogP contribution in [0.5, 0.6) is 5.75 Å². The van der Waals surface area contributed by atoms with Gasteiger partial charge in [-0.15, -0.1) is 0 Å². The molecule has 0 aliphatic rings. The average molecular weight is 570 g/mol. The van der Waals surface area contributed by atoms with E-state index in [2.05, 4.69) is 10.6 Å². The number of hydrogen-bond acceptors (Lipinski definition) is 5. The van der Waals surface area contributed by atoms with E-state index < -0.39 is 30.1 Å². The van der Waals surface area contributed by atoms with Crippen molar-refractivity contribution in [1.29, 1.82) is 0 Å². The number of aromatic hydroxyl groups is 1.